The van der Waals surface area contributed by atoms with Crippen molar-refractivity contribution < 1.29 is 14.0 Å². The van der Waals surface area contributed by atoms with Crippen molar-refractivity contribution in [2.75, 3.05) is 12.4 Å². The van der Waals surface area contributed by atoms with Crippen LogP contribution in [0.4, 0.5) is 5.69 Å². The number of amides is 1. The Balaban J connectivity index is 2.04. The summed E-state index contributed by atoms with van der Waals surface area (Å²) in [5, 5.41) is 2.99. The van der Waals surface area contributed by atoms with Crippen molar-refractivity contribution in [3.05, 3.63) is 47.5 Å². The first-order valence-electron chi connectivity index (χ1n) is 6.30. The molecule has 0 unspecified atom stereocenters. The van der Waals surface area contributed by atoms with Gasteiger partial charge in [-0.2, -0.15) is 4.33 Å². The number of hydrogen-bond donors (Lipinski definition) is 1. The molecular formula is C15H13NO3S2. The second-order valence-electron chi connectivity index (χ2n) is 4.43. The molecule has 0 saturated heterocycles. The van der Waals surface area contributed by atoms with Crippen LogP contribution in [0.1, 0.15) is 15.9 Å². The van der Waals surface area contributed by atoms with Crippen molar-refractivity contribution in [3.8, 4) is 0 Å². The van der Waals surface area contributed by atoms with Crippen LogP contribution in [0.3, 0.4) is 0 Å². The standard InChI is InChI=1S/C15H13NO3S2/c1-9-11(21-19-18-2)7-8-13-14(9)16-15(17)10-5-3-4-6-12(10)20-13/h3-8H,1-2H3,(H,16,17). The monoisotopic (exact) mass is 319 g/mol. The van der Waals surface area contributed by atoms with Gasteiger partial charge in [-0.15, -0.1) is 0 Å². The molecule has 108 valence electrons. The van der Waals surface area contributed by atoms with E-state index in [0.29, 0.717) is 5.56 Å². The fourth-order valence-electron chi connectivity index (χ4n) is 2.11. The maximum atomic E-state index is 12.4. The van der Waals surface area contributed by atoms with Crippen LogP contribution in [0.5, 0.6) is 0 Å². The number of nitrogens with one attached hydrogen (secondary N) is 1. The van der Waals surface area contributed by atoms with E-state index in [-0.39, 0.29) is 5.91 Å². The molecule has 0 bridgehead atoms. The van der Waals surface area contributed by atoms with Crippen molar-refractivity contribution in [1.29, 1.82) is 0 Å². The largest absolute Gasteiger partial charge is 0.321 e. The average molecular weight is 319 g/mol. The topological polar surface area (TPSA) is 47.6 Å². The summed E-state index contributed by atoms with van der Waals surface area (Å²) in [6.45, 7) is 1.96. The number of carbonyl (C=O) groups excluding carboxylic acids is 1. The van der Waals surface area contributed by atoms with Crippen LogP contribution < -0.4 is 5.32 Å². The van der Waals surface area contributed by atoms with Crippen LogP contribution in [0.2, 0.25) is 0 Å². The zero-order valence-corrected chi connectivity index (χ0v) is 13.1. The first-order valence-corrected chi connectivity index (χ1v) is 7.85. The molecule has 0 aromatic heterocycles. The summed E-state index contributed by atoms with van der Waals surface area (Å²) >= 11 is 2.72. The van der Waals surface area contributed by atoms with Crippen LogP contribution in [-0.4, -0.2) is 13.0 Å². The molecule has 6 heteroatoms. The molecule has 0 radical (unpaired) electrons. The number of anilines is 1. The normalized spacial score (nSPS) is 13.1. The molecule has 0 atom stereocenters. The number of rotatable bonds is 3. The fourth-order valence-corrected chi connectivity index (χ4v) is 3.70. The molecule has 1 N–H and O–H groups in total. The van der Waals surface area contributed by atoms with Crippen molar-refractivity contribution in [3.63, 3.8) is 0 Å². The Kier molecular flexibility index (Phi) is 4.21. The summed E-state index contributed by atoms with van der Waals surface area (Å²) in [5.74, 6) is -0.0882. The van der Waals surface area contributed by atoms with E-state index in [2.05, 4.69) is 10.2 Å². The van der Waals surface area contributed by atoms with E-state index in [0.717, 1.165) is 38.0 Å². The van der Waals surface area contributed by atoms with Gasteiger partial charge >= 0.3 is 0 Å². The Morgan fingerprint density at radius 3 is 2.76 bits per heavy atom. The van der Waals surface area contributed by atoms with Crippen LogP contribution in [0.15, 0.2) is 51.1 Å². The molecular weight excluding hydrogens is 306 g/mol. The van der Waals surface area contributed by atoms with Gasteiger partial charge in [0, 0.05) is 14.7 Å². The Morgan fingerprint density at radius 2 is 1.95 bits per heavy atom. The Morgan fingerprint density at radius 1 is 1.14 bits per heavy atom. The molecule has 0 aliphatic carbocycles. The highest BCUT2D eigenvalue weighted by molar-refractivity contribution is 7.99. The van der Waals surface area contributed by atoms with Gasteiger partial charge in [0.2, 0.25) is 0 Å². The number of fused-ring (bicyclic) bond motifs is 2. The molecule has 0 spiro atoms. The lowest BCUT2D eigenvalue weighted by Crippen LogP contribution is -2.12. The molecule has 4 nitrogen and oxygen atoms in total. The highest BCUT2D eigenvalue weighted by Crippen LogP contribution is 2.42. The lowest BCUT2D eigenvalue weighted by atomic mass is 10.1. The van der Waals surface area contributed by atoms with E-state index in [1.54, 1.807) is 11.8 Å². The van der Waals surface area contributed by atoms with Crippen LogP contribution in [-0.2, 0) is 9.22 Å². The first kappa shape index (κ1) is 14.5. The predicted molar refractivity (Wildman–Crippen MR) is 83.6 cm³/mol. The van der Waals surface area contributed by atoms with Crippen molar-refractivity contribution in [2.24, 2.45) is 0 Å². The zero-order chi connectivity index (χ0) is 14.8. The third kappa shape index (κ3) is 2.80. The molecule has 3 rings (SSSR count). The minimum atomic E-state index is -0.0882. The number of hydrogen-bond acceptors (Lipinski definition) is 5. The molecule has 2 aromatic carbocycles. The minimum Gasteiger partial charge on any atom is -0.321 e. The van der Waals surface area contributed by atoms with Gasteiger partial charge in [0.1, 0.15) is 0 Å². The summed E-state index contributed by atoms with van der Waals surface area (Å²) in [6.07, 6.45) is 0. The number of carbonyl (C=O) groups is 1. The van der Waals surface area contributed by atoms with E-state index >= 15 is 0 Å². The molecule has 1 amide bonds. The van der Waals surface area contributed by atoms with Gasteiger partial charge in [0.15, 0.2) is 0 Å². The third-order valence-electron chi connectivity index (χ3n) is 3.16. The van der Waals surface area contributed by atoms with Crippen molar-refractivity contribution in [1.82, 2.24) is 0 Å². The van der Waals surface area contributed by atoms with Crippen molar-refractivity contribution in [2.45, 2.75) is 21.6 Å². The van der Waals surface area contributed by atoms with Crippen LogP contribution in [0.25, 0.3) is 0 Å². The minimum absolute atomic E-state index is 0.0882. The van der Waals surface area contributed by atoms with Crippen molar-refractivity contribution >= 4 is 35.4 Å². The lowest BCUT2D eigenvalue weighted by molar-refractivity contribution is -0.160. The summed E-state index contributed by atoms with van der Waals surface area (Å²) in [4.78, 5) is 19.9. The van der Waals surface area contributed by atoms with Gasteiger partial charge in [-0.05, 0) is 36.8 Å². The Bertz CT molecular complexity index is 703. The Labute approximate surface area is 131 Å². The fraction of sp³-hybridized carbons (Fsp3) is 0.133. The quantitative estimate of drug-likeness (QED) is 0.519. The van der Waals surface area contributed by atoms with E-state index in [1.165, 1.54) is 7.11 Å². The summed E-state index contributed by atoms with van der Waals surface area (Å²) < 4.78 is 4.91. The average Bonchev–Trinajstić information content (AvgIpc) is 2.64. The van der Waals surface area contributed by atoms with Gasteiger partial charge < -0.3 is 5.32 Å². The van der Waals surface area contributed by atoms with E-state index < -0.39 is 0 Å². The van der Waals surface area contributed by atoms with Crippen LogP contribution >= 0.6 is 23.8 Å². The van der Waals surface area contributed by atoms with Gasteiger partial charge in [-0.25, -0.2) is 4.89 Å². The SMILES string of the molecule is COOSc1ccc2c(c1C)NC(=O)c1ccccc1S2. The maximum Gasteiger partial charge on any atom is 0.256 e. The van der Waals surface area contributed by atoms with Gasteiger partial charge in [0.25, 0.3) is 5.91 Å². The van der Waals surface area contributed by atoms with Gasteiger partial charge in [0.05, 0.1) is 30.4 Å². The molecule has 1 heterocycles. The van der Waals surface area contributed by atoms with E-state index in [9.17, 15) is 4.79 Å². The second kappa shape index (κ2) is 6.11. The van der Waals surface area contributed by atoms with E-state index in [4.69, 9.17) is 4.33 Å². The van der Waals surface area contributed by atoms with E-state index in [1.807, 2.05) is 43.3 Å². The molecule has 2 aromatic rings. The summed E-state index contributed by atoms with van der Waals surface area (Å²) in [7, 11) is 1.46. The van der Waals surface area contributed by atoms with Gasteiger partial charge in [-0.3, -0.25) is 4.79 Å². The maximum absolute atomic E-state index is 12.4. The highest BCUT2D eigenvalue weighted by Gasteiger charge is 2.22. The first-order chi connectivity index (χ1) is 10.2. The Hall–Kier alpha value is -1.47. The molecule has 21 heavy (non-hydrogen) atoms. The smallest absolute Gasteiger partial charge is 0.256 e. The third-order valence-corrected chi connectivity index (χ3v) is 5.12. The predicted octanol–water partition coefficient (Wildman–Crippen LogP) is 4.30. The summed E-state index contributed by atoms with van der Waals surface area (Å²) in [5.41, 5.74) is 2.48. The molecule has 1 aliphatic heterocycles. The number of benzene rings is 2. The second-order valence-corrected chi connectivity index (χ2v) is 6.26. The zero-order valence-electron chi connectivity index (χ0n) is 11.5. The highest BCUT2D eigenvalue weighted by atomic mass is 32.2. The van der Waals surface area contributed by atoms with Crippen LogP contribution in [0, 0.1) is 6.92 Å². The van der Waals surface area contributed by atoms with Gasteiger partial charge in [-0.1, -0.05) is 23.9 Å². The molecule has 0 fully saturated rings. The summed E-state index contributed by atoms with van der Waals surface area (Å²) in [6, 6.07) is 11.5. The lowest BCUT2D eigenvalue weighted by Gasteiger charge is -2.12. The molecule has 1 aliphatic rings. The molecule has 0 saturated carbocycles.